The van der Waals surface area contributed by atoms with E-state index in [0.29, 0.717) is 11.4 Å². The van der Waals surface area contributed by atoms with Crippen LogP contribution in [0.2, 0.25) is 0 Å². The van der Waals surface area contributed by atoms with Crippen LogP contribution >= 0.6 is 0 Å². The molecule has 0 saturated carbocycles. The van der Waals surface area contributed by atoms with E-state index < -0.39 is 61.0 Å². The van der Waals surface area contributed by atoms with Crippen LogP contribution in [-0.2, 0) is 19.1 Å². The summed E-state index contributed by atoms with van der Waals surface area (Å²) in [6.07, 6.45) is 0. The monoisotopic (exact) mass is 918 g/mol. The van der Waals surface area contributed by atoms with Gasteiger partial charge in [0.15, 0.2) is 24.0 Å². The van der Waals surface area contributed by atoms with Gasteiger partial charge in [0.1, 0.15) is 36.2 Å². The summed E-state index contributed by atoms with van der Waals surface area (Å²) in [5.74, 6) is -7.20. The minimum atomic E-state index is -1.62. The smallest absolute Gasteiger partial charge is 0.343 e. The van der Waals surface area contributed by atoms with Crippen molar-refractivity contribution < 1.29 is 77.6 Å². The van der Waals surface area contributed by atoms with Crippen molar-refractivity contribution >= 4 is 59.0 Å². The number of carbonyl (C=O) groups excluding carboxylic acids is 4. The minimum absolute atomic E-state index is 0.0203. The molecule has 0 heterocycles. The van der Waals surface area contributed by atoms with Crippen LogP contribution in [0, 0.1) is 10.8 Å². The van der Waals surface area contributed by atoms with Crippen molar-refractivity contribution in [3.8, 4) is 23.0 Å². The molecule has 0 spiro atoms. The van der Waals surface area contributed by atoms with Gasteiger partial charge in [0.05, 0.1) is 50.8 Å². The molecule has 66 heavy (non-hydrogen) atoms. The maximum absolute atomic E-state index is 12.9. The van der Waals surface area contributed by atoms with Gasteiger partial charge in [0, 0.05) is 34.6 Å². The zero-order valence-electron chi connectivity index (χ0n) is 34.7. The Balaban J connectivity index is 1.30. The Bertz CT molecular complexity index is 2220. The molecule has 0 aromatic heterocycles. The highest BCUT2D eigenvalue weighted by Crippen LogP contribution is 2.26. The molecule has 4 rings (SSSR count). The number of aliphatic hydroxyl groups excluding tert-OH is 2. The highest BCUT2D eigenvalue weighted by atomic mass is 16.6. The van der Waals surface area contributed by atoms with Gasteiger partial charge in [-0.3, -0.25) is 20.4 Å². The van der Waals surface area contributed by atoms with Gasteiger partial charge in [-0.15, -0.1) is 0 Å². The fourth-order valence-corrected chi connectivity index (χ4v) is 5.33. The summed E-state index contributed by atoms with van der Waals surface area (Å²) in [6, 6.07) is 15.9. The Hall–Kier alpha value is -8.32. The zero-order valence-corrected chi connectivity index (χ0v) is 34.7. The number of carboxylic acid groups (broad SMARTS) is 2. The number of carbonyl (C=O) groups is 6. The number of anilines is 2. The number of carboxylic acids is 2. The molecule has 0 aliphatic carbocycles. The number of benzene rings is 4. The maximum Gasteiger partial charge on any atom is 0.343 e. The number of amides is 2. The number of hydrogen-bond donors (Lipinski definition) is 12. The largest absolute Gasteiger partial charge is 0.491 e. The quantitative estimate of drug-likeness (QED) is 0.0142. The second-order valence-corrected chi connectivity index (χ2v) is 13.4. The predicted molar refractivity (Wildman–Crippen MR) is 231 cm³/mol. The summed E-state index contributed by atoms with van der Waals surface area (Å²) in [5.41, 5.74) is 11.4. The molecule has 0 unspecified atom stereocenters. The molecule has 0 aliphatic heterocycles. The Morgan fingerprint density at radius 1 is 0.500 bits per heavy atom. The third kappa shape index (κ3) is 16.4. The number of hydrogen-bond acceptors (Lipinski definition) is 16. The highest BCUT2D eigenvalue weighted by molar-refractivity contribution is 5.99. The third-order valence-corrected chi connectivity index (χ3v) is 8.44. The van der Waals surface area contributed by atoms with Gasteiger partial charge in [-0.1, -0.05) is 0 Å². The molecule has 2 atom stereocenters. The molecule has 24 nitrogen and oxygen atoms in total. The Labute approximate surface area is 374 Å². The molecule has 0 aliphatic rings. The van der Waals surface area contributed by atoms with Crippen LogP contribution in [0.3, 0.4) is 0 Å². The first kappa shape index (κ1) is 50.3. The van der Waals surface area contributed by atoms with E-state index in [1.807, 2.05) is 0 Å². The van der Waals surface area contributed by atoms with Crippen molar-refractivity contribution in [2.45, 2.75) is 12.1 Å². The molecule has 0 saturated heterocycles. The summed E-state index contributed by atoms with van der Waals surface area (Å²) in [7, 11) is 0. The first-order valence-corrected chi connectivity index (χ1v) is 19.4. The average molecular weight is 919 g/mol. The summed E-state index contributed by atoms with van der Waals surface area (Å²) in [6.45, 7) is -1.69. The van der Waals surface area contributed by atoms with Crippen molar-refractivity contribution in [3.63, 3.8) is 0 Å². The van der Waals surface area contributed by atoms with E-state index in [9.17, 15) is 49.2 Å². The van der Waals surface area contributed by atoms with E-state index in [2.05, 4.69) is 21.3 Å². The molecule has 4 aromatic carbocycles. The Morgan fingerprint density at radius 3 is 1.15 bits per heavy atom. The van der Waals surface area contributed by atoms with Gasteiger partial charge >= 0.3 is 23.9 Å². The summed E-state index contributed by atoms with van der Waals surface area (Å²) < 4.78 is 33.4. The van der Waals surface area contributed by atoms with Gasteiger partial charge in [-0.05, 0) is 72.8 Å². The van der Waals surface area contributed by atoms with Gasteiger partial charge < -0.3 is 81.6 Å². The van der Waals surface area contributed by atoms with Crippen LogP contribution < -0.4 is 51.7 Å². The molecular weight excluding hydrogens is 873 g/mol. The Morgan fingerprint density at radius 2 is 0.833 bits per heavy atom. The summed E-state index contributed by atoms with van der Waals surface area (Å²) >= 11 is 0. The lowest BCUT2D eigenvalue weighted by Gasteiger charge is -2.15. The van der Waals surface area contributed by atoms with Crippen molar-refractivity contribution in [1.82, 2.24) is 10.6 Å². The van der Waals surface area contributed by atoms with Crippen LogP contribution in [0.4, 0.5) is 11.4 Å². The molecule has 0 fully saturated rings. The first-order valence-electron chi connectivity index (χ1n) is 19.4. The topological polar surface area (TPSA) is 387 Å². The standard InChI is InChI=1S/C42H46N8O16/c43-41(44)47-27-5-1-23(2-6-27)39(59)65-31-17-25(35(53)49-33(21-51)37(55)56)15-29(19-31)63-13-11-61-9-10-62-12-14-64-30-16-26(36(54)50-34(22-52)38(57)58)18-32(20-30)66-40(60)24-3-7-28(8-4-24)48-42(45)46/h1-8,15-20,33-34,51-52H,9-14,21-22H2,(H,49,53)(H,50,54)(H,55,56)(H,57,58)(H4,43,44,47)(H4,45,46,48)/t33-,34-/m1/s1. The van der Waals surface area contributed by atoms with E-state index in [1.165, 1.54) is 84.9 Å². The number of rotatable bonds is 25. The van der Waals surface area contributed by atoms with Crippen LogP contribution in [0.25, 0.3) is 0 Å². The zero-order chi connectivity index (χ0) is 48.2. The molecule has 350 valence electrons. The highest BCUT2D eigenvalue weighted by Gasteiger charge is 2.23. The average Bonchev–Trinajstić information content (AvgIpc) is 3.27. The van der Waals surface area contributed by atoms with Crippen molar-refractivity contribution in [2.75, 3.05) is 63.5 Å². The molecule has 4 aromatic rings. The van der Waals surface area contributed by atoms with Crippen molar-refractivity contribution in [1.29, 1.82) is 10.8 Å². The molecule has 24 heteroatoms. The number of ether oxygens (including phenoxy) is 6. The molecular formula is C42H46N8O16. The summed E-state index contributed by atoms with van der Waals surface area (Å²) in [5, 5.41) is 61.4. The first-order chi connectivity index (χ1) is 31.5. The Kier molecular flexibility index (Phi) is 19.1. The predicted octanol–water partition coefficient (Wildman–Crippen LogP) is 0.577. The minimum Gasteiger partial charge on any atom is -0.491 e. The number of guanidine groups is 2. The second-order valence-electron chi connectivity index (χ2n) is 13.4. The fourth-order valence-electron chi connectivity index (χ4n) is 5.33. The normalized spacial score (nSPS) is 11.5. The molecule has 2 amide bonds. The van der Waals surface area contributed by atoms with Crippen LogP contribution in [0.1, 0.15) is 41.4 Å². The van der Waals surface area contributed by atoms with Crippen molar-refractivity contribution in [3.05, 3.63) is 107 Å². The van der Waals surface area contributed by atoms with E-state index in [-0.39, 0.29) is 96.8 Å². The summed E-state index contributed by atoms with van der Waals surface area (Å²) in [4.78, 5) is 74.4. The van der Waals surface area contributed by atoms with Crippen LogP contribution in [-0.4, -0.2) is 133 Å². The maximum atomic E-state index is 12.9. The number of aliphatic hydroxyl groups is 2. The number of nitrogens with one attached hydrogen (secondary N) is 6. The lowest BCUT2D eigenvalue weighted by atomic mass is 10.1. The molecule has 0 bridgehead atoms. The lowest BCUT2D eigenvalue weighted by Crippen LogP contribution is -2.43. The van der Waals surface area contributed by atoms with Gasteiger partial charge in [0.25, 0.3) is 11.8 Å². The number of esters is 2. The SMILES string of the molecule is N=C(N)Nc1ccc(C(=O)Oc2cc(OCCOCCOCCOc3cc(OC(=O)c4ccc(NC(=N)N)cc4)cc(C(=O)N[C@H](CO)C(=O)O)c3)cc(C(=O)N[C@H](CO)C(=O)O)c2)cc1. The number of nitrogens with two attached hydrogens (primary N) is 2. The molecule has 14 N–H and O–H groups in total. The van der Waals surface area contributed by atoms with Gasteiger partial charge in [-0.25, -0.2) is 19.2 Å². The van der Waals surface area contributed by atoms with E-state index in [4.69, 9.17) is 50.7 Å². The third-order valence-electron chi connectivity index (χ3n) is 8.44. The second kappa shape index (κ2) is 25.1. The number of aliphatic carboxylic acids is 2. The fraction of sp³-hybridized carbons (Fsp3) is 0.238. The lowest BCUT2D eigenvalue weighted by molar-refractivity contribution is -0.141. The van der Waals surface area contributed by atoms with Crippen molar-refractivity contribution in [2.24, 2.45) is 11.5 Å². The van der Waals surface area contributed by atoms with E-state index in [1.54, 1.807) is 0 Å². The molecule has 0 radical (unpaired) electrons. The van der Waals surface area contributed by atoms with E-state index in [0.717, 1.165) is 0 Å². The van der Waals surface area contributed by atoms with Crippen LogP contribution in [0.15, 0.2) is 84.9 Å². The van der Waals surface area contributed by atoms with Gasteiger partial charge in [0.2, 0.25) is 0 Å². The van der Waals surface area contributed by atoms with Crippen LogP contribution in [0.5, 0.6) is 23.0 Å². The van der Waals surface area contributed by atoms with E-state index >= 15 is 0 Å². The van der Waals surface area contributed by atoms with Gasteiger partial charge in [-0.2, -0.15) is 0 Å².